The number of H-pyrrole nitrogens is 2. The van der Waals surface area contributed by atoms with E-state index in [4.69, 9.17) is 0 Å². The first kappa shape index (κ1) is 16.9. The van der Waals surface area contributed by atoms with Gasteiger partial charge in [0.25, 0.3) is 5.91 Å². The summed E-state index contributed by atoms with van der Waals surface area (Å²) in [4.78, 5) is 32.5. The lowest BCUT2D eigenvalue weighted by Gasteiger charge is -2.19. The van der Waals surface area contributed by atoms with E-state index in [0.717, 1.165) is 30.7 Å². The molecule has 0 fully saturated rings. The van der Waals surface area contributed by atoms with Gasteiger partial charge in [0.2, 0.25) is 11.8 Å². The number of carbonyl (C=O) groups excluding carboxylic acids is 1. The van der Waals surface area contributed by atoms with Crippen LogP contribution < -0.4 is 11.0 Å². The normalized spacial score (nSPS) is 11.3. The summed E-state index contributed by atoms with van der Waals surface area (Å²) in [6.07, 6.45) is 0. The van der Waals surface area contributed by atoms with Crippen molar-refractivity contribution >= 4 is 22.9 Å². The average Bonchev–Trinajstić information content (AvgIpc) is 3.20. The minimum Gasteiger partial charge on any atom is -0.309 e. The minimum absolute atomic E-state index is 0.0765. The van der Waals surface area contributed by atoms with E-state index in [1.165, 1.54) is 0 Å². The first-order valence-electron chi connectivity index (χ1n) is 8.26. The van der Waals surface area contributed by atoms with E-state index in [9.17, 15) is 9.59 Å². The maximum atomic E-state index is 12.3. The van der Waals surface area contributed by atoms with Crippen molar-refractivity contribution < 1.29 is 4.79 Å². The van der Waals surface area contributed by atoms with Crippen LogP contribution in [0.5, 0.6) is 0 Å². The van der Waals surface area contributed by atoms with Gasteiger partial charge in [-0.25, -0.2) is 14.9 Å². The summed E-state index contributed by atoms with van der Waals surface area (Å²) in [6, 6.07) is 7.71. The van der Waals surface area contributed by atoms with Gasteiger partial charge in [0, 0.05) is 13.1 Å². The molecule has 25 heavy (non-hydrogen) atoms. The third-order valence-electron chi connectivity index (χ3n) is 4.13. The number of nitrogens with zero attached hydrogens (tertiary/aromatic N) is 4. The number of benzene rings is 1. The summed E-state index contributed by atoms with van der Waals surface area (Å²) in [7, 11) is 0. The number of likely N-dealkylation sites (N-methyl/N-ethyl adjacent to an activating group) is 1. The van der Waals surface area contributed by atoms with E-state index >= 15 is 0 Å². The molecule has 0 aliphatic carbocycles. The quantitative estimate of drug-likeness (QED) is 0.593. The van der Waals surface area contributed by atoms with Gasteiger partial charge in [-0.2, -0.15) is 0 Å². The molecule has 2 heterocycles. The Morgan fingerprint density at radius 1 is 1.28 bits per heavy atom. The van der Waals surface area contributed by atoms with E-state index in [1.54, 1.807) is 0 Å². The Balaban J connectivity index is 1.89. The van der Waals surface area contributed by atoms with E-state index < -0.39 is 11.6 Å². The molecule has 0 spiro atoms. The number of fused-ring (bicyclic) bond motifs is 1. The fourth-order valence-electron chi connectivity index (χ4n) is 2.72. The number of imidazole rings is 1. The average molecular weight is 343 g/mol. The van der Waals surface area contributed by atoms with Crippen LogP contribution in [0.1, 0.15) is 24.5 Å². The predicted molar refractivity (Wildman–Crippen MR) is 94.7 cm³/mol. The van der Waals surface area contributed by atoms with Crippen molar-refractivity contribution in [1.82, 2.24) is 29.6 Å². The molecule has 3 aromatic rings. The molecule has 3 N–H and O–H groups in total. The number of hydrogen-bond donors (Lipinski definition) is 3. The van der Waals surface area contributed by atoms with Crippen LogP contribution in [0.3, 0.4) is 0 Å². The van der Waals surface area contributed by atoms with Crippen molar-refractivity contribution in [1.29, 1.82) is 0 Å². The van der Waals surface area contributed by atoms with Gasteiger partial charge >= 0.3 is 5.69 Å². The zero-order chi connectivity index (χ0) is 17.8. The van der Waals surface area contributed by atoms with Crippen LogP contribution in [0.25, 0.3) is 11.0 Å². The standard InChI is InChI=1S/C16H21N7O2/c1-3-22(4-2)9-10-23-12-8-6-5-7-11(12)17-15(23)19-14(24)13-18-16(25)21-20-13/h5-8H,3-4,9-10H2,1-2H3,(H,17,19,24)(H2,18,20,21,25). The number of aromatic amines is 2. The number of aromatic nitrogens is 5. The van der Waals surface area contributed by atoms with Crippen LogP contribution in [-0.2, 0) is 6.54 Å². The molecule has 0 saturated carbocycles. The highest BCUT2D eigenvalue weighted by Crippen LogP contribution is 2.20. The Kier molecular flexibility index (Phi) is 4.94. The van der Waals surface area contributed by atoms with Crippen LogP contribution >= 0.6 is 0 Å². The van der Waals surface area contributed by atoms with Crippen molar-refractivity contribution in [3.63, 3.8) is 0 Å². The molecule has 132 valence electrons. The van der Waals surface area contributed by atoms with Gasteiger partial charge in [-0.1, -0.05) is 26.0 Å². The maximum absolute atomic E-state index is 12.3. The smallest absolute Gasteiger partial charge is 0.309 e. The topological polar surface area (TPSA) is 112 Å². The first-order valence-corrected chi connectivity index (χ1v) is 8.26. The van der Waals surface area contributed by atoms with Gasteiger partial charge in [0.15, 0.2) is 0 Å². The number of hydrogen-bond acceptors (Lipinski definition) is 5. The van der Waals surface area contributed by atoms with Gasteiger partial charge < -0.3 is 9.47 Å². The zero-order valence-corrected chi connectivity index (χ0v) is 14.2. The van der Waals surface area contributed by atoms with E-state index in [1.807, 2.05) is 28.8 Å². The second-order valence-corrected chi connectivity index (χ2v) is 5.58. The van der Waals surface area contributed by atoms with Crippen molar-refractivity contribution in [2.75, 3.05) is 25.0 Å². The van der Waals surface area contributed by atoms with E-state index in [-0.39, 0.29) is 5.82 Å². The highest BCUT2D eigenvalue weighted by atomic mass is 16.2. The number of nitrogens with one attached hydrogen (secondary N) is 3. The number of anilines is 1. The highest BCUT2D eigenvalue weighted by molar-refractivity contribution is 6.01. The lowest BCUT2D eigenvalue weighted by atomic mass is 10.3. The number of para-hydroxylation sites is 2. The van der Waals surface area contributed by atoms with Gasteiger partial charge in [0.05, 0.1) is 11.0 Å². The molecule has 2 aromatic heterocycles. The Morgan fingerprint density at radius 3 is 2.72 bits per heavy atom. The second-order valence-electron chi connectivity index (χ2n) is 5.58. The SMILES string of the molecule is CCN(CC)CCn1c(NC(=O)c2n[nH]c(=O)[nH]2)nc2ccccc21. The summed E-state index contributed by atoms with van der Waals surface area (Å²) in [5.74, 6) is -0.160. The van der Waals surface area contributed by atoms with Gasteiger partial charge in [-0.05, 0) is 25.2 Å². The third kappa shape index (κ3) is 3.61. The highest BCUT2D eigenvalue weighted by Gasteiger charge is 2.16. The first-order chi connectivity index (χ1) is 12.1. The summed E-state index contributed by atoms with van der Waals surface area (Å²) < 4.78 is 1.97. The van der Waals surface area contributed by atoms with Gasteiger partial charge in [-0.15, -0.1) is 5.10 Å². The molecular weight excluding hydrogens is 322 g/mol. The molecule has 3 rings (SSSR count). The Bertz CT molecular complexity index is 920. The Morgan fingerprint density at radius 2 is 2.04 bits per heavy atom. The van der Waals surface area contributed by atoms with Crippen LogP contribution in [0, 0.1) is 0 Å². The monoisotopic (exact) mass is 343 g/mol. The number of amides is 1. The number of carbonyl (C=O) groups is 1. The summed E-state index contributed by atoms with van der Waals surface area (Å²) in [6.45, 7) is 7.68. The van der Waals surface area contributed by atoms with Crippen LogP contribution in [0.15, 0.2) is 29.1 Å². The molecular formula is C16H21N7O2. The molecule has 9 nitrogen and oxygen atoms in total. The molecule has 0 aliphatic rings. The zero-order valence-electron chi connectivity index (χ0n) is 14.2. The van der Waals surface area contributed by atoms with E-state index in [2.05, 4.69) is 44.2 Å². The molecule has 9 heteroatoms. The fraction of sp³-hybridized carbons (Fsp3) is 0.375. The van der Waals surface area contributed by atoms with Crippen molar-refractivity contribution in [3.05, 3.63) is 40.6 Å². The van der Waals surface area contributed by atoms with Crippen LogP contribution in [-0.4, -0.2) is 55.2 Å². The van der Waals surface area contributed by atoms with Crippen molar-refractivity contribution in [2.45, 2.75) is 20.4 Å². The molecule has 0 radical (unpaired) electrons. The van der Waals surface area contributed by atoms with Crippen molar-refractivity contribution in [3.8, 4) is 0 Å². The lowest BCUT2D eigenvalue weighted by molar-refractivity contribution is 0.101. The van der Waals surface area contributed by atoms with Gasteiger partial charge in [0.1, 0.15) is 0 Å². The molecule has 0 unspecified atom stereocenters. The van der Waals surface area contributed by atoms with Crippen LogP contribution in [0.2, 0.25) is 0 Å². The minimum atomic E-state index is -0.528. The Labute approximate surface area is 144 Å². The Hall–Kier alpha value is -2.94. The molecule has 0 bridgehead atoms. The van der Waals surface area contributed by atoms with Gasteiger partial charge in [-0.3, -0.25) is 15.1 Å². The molecule has 1 aromatic carbocycles. The van der Waals surface area contributed by atoms with E-state index in [0.29, 0.717) is 12.5 Å². The largest absolute Gasteiger partial charge is 0.341 e. The number of rotatable bonds is 7. The molecule has 1 amide bonds. The molecule has 0 saturated heterocycles. The maximum Gasteiger partial charge on any atom is 0.341 e. The third-order valence-corrected chi connectivity index (χ3v) is 4.13. The fourth-order valence-corrected chi connectivity index (χ4v) is 2.72. The van der Waals surface area contributed by atoms with Crippen LogP contribution in [0.4, 0.5) is 5.95 Å². The molecule has 0 aliphatic heterocycles. The predicted octanol–water partition coefficient (Wildman–Crippen LogP) is 1.04. The van der Waals surface area contributed by atoms with Crippen molar-refractivity contribution in [2.24, 2.45) is 0 Å². The summed E-state index contributed by atoms with van der Waals surface area (Å²) in [5.41, 5.74) is 1.22. The summed E-state index contributed by atoms with van der Waals surface area (Å²) >= 11 is 0. The lowest BCUT2D eigenvalue weighted by Crippen LogP contribution is -2.28. The molecule has 0 atom stereocenters. The summed E-state index contributed by atoms with van der Waals surface area (Å²) in [5, 5.41) is 8.55. The second kappa shape index (κ2) is 7.31.